The van der Waals surface area contributed by atoms with Crippen molar-refractivity contribution in [3.63, 3.8) is 0 Å². The van der Waals surface area contributed by atoms with Crippen molar-refractivity contribution in [1.82, 2.24) is 9.97 Å². The maximum Gasteiger partial charge on any atom is 0.181 e. The van der Waals surface area contributed by atoms with Gasteiger partial charge < -0.3 is 4.98 Å². The molecule has 3 aromatic carbocycles. The number of thioether (sulfide) groups is 1. The van der Waals surface area contributed by atoms with Crippen LogP contribution >= 0.6 is 23.4 Å². The Balaban J connectivity index is 1.66. The lowest BCUT2D eigenvalue weighted by atomic mass is 10.1. The lowest BCUT2D eigenvalue weighted by Gasteiger charge is -2.04. The molecule has 4 aromatic rings. The van der Waals surface area contributed by atoms with Gasteiger partial charge in [-0.05, 0) is 31.2 Å². The summed E-state index contributed by atoms with van der Waals surface area (Å²) in [7, 11) is 0. The Morgan fingerprint density at radius 1 is 0.935 bits per heavy atom. The summed E-state index contributed by atoms with van der Waals surface area (Å²) in [5.41, 5.74) is 4.36. The SMILES string of the molecule is CC(=O)C(N=Nc1ccc(Cl)cc1)Sc1nc(-c2ccccc2)c(-c2ccccc2)[nH]1. The summed E-state index contributed by atoms with van der Waals surface area (Å²) in [6.07, 6.45) is 0. The van der Waals surface area contributed by atoms with Crippen molar-refractivity contribution in [3.05, 3.63) is 90.0 Å². The zero-order valence-electron chi connectivity index (χ0n) is 16.7. The predicted octanol–water partition coefficient (Wildman–Crippen LogP) is 7.19. The summed E-state index contributed by atoms with van der Waals surface area (Å²) in [5.74, 6) is -0.110. The Morgan fingerprint density at radius 2 is 1.55 bits per heavy atom. The summed E-state index contributed by atoms with van der Waals surface area (Å²) >= 11 is 7.15. The fourth-order valence-electron chi connectivity index (χ4n) is 2.95. The molecule has 1 atom stereocenters. The van der Waals surface area contributed by atoms with Crippen LogP contribution in [-0.2, 0) is 4.79 Å². The standard InChI is InChI=1S/C24H19ClN4OS/c1-16(30)23(29-28-20-14-12-19(25)13-15-20)31-24-26-21(17-8-4-2-5-9-17)22(27-24)18-10-6-3-7-11-18/h2-15,23H,1H3,(H,26,27). The average Bonchev–Trinajstić information content (AvgIpc) is 3.23. The number of rotatable bonds is 7. The first-order valence-electron chi connectivity index (χ1n) is 9.64. The third-order valence-electron chi connectivity index (χ3n) is 4.47. The van der Waals surface area contributed by atoms with Crippen LogP contribution in [0.5, 0.6) is 0 Å². The van der Waals surface area contributed by atoms with E-state index < -0.39 is 5.37 Å². The minimum absolute atomic E-state index is 0.110. The van der Waals surface area contributed by atoms with Crippen molar-refractivity contribution in [2.24, 2.45) is 10.2 Å². The van der Waals surface area contributed by atoms with E-state index in [4.69, 9.17) is 16.6 Å². The molecule has 1 heterocycles. The van der Waals surface area contributed by atoms with Gasteiger partial charge in [0.2, 0.25) is 0 Å². The molecule has 0 aliphatic rings. The summed E-state index contributed by atoms with van der Waals surface area (Å²) in [6.45, 7) is 1.50. The molecule has 4 rings (SSSR count). The second-order valence-electron chi connectivity index (χ2n) is 6.77. The predicted molar refractivity (Wildman–Crippen MR) is 126 cm³/mol. The lowest BCUT2D eigenvalue weighted by molar-refractivity contribution is -0.116. The Hall–Kier alpha value is -3.22. The molecule has 0 bridgehead atoms. The van der Waals surface area contributed by atoms with Crippen LogP contribution in [0, 0.1) is 0 Å². The van der Waals surface area contributed by atoms with Gasteiger partial charge in [0.15, 0.2) is 16.3 Å². The molecule has 0 aliphatic carbocycles. The van der Waals surface area contributed by atoms with E-state index in [0.29, 0.717) is 15.9 Å². The first-order valence-corrected chi connectivity index (χ1v) is 10.9. The van der Waals surface area contributed by atoms with Crippen molar-refractivity contribution >= 4 is 34.8 Å². The summed E-state index contributed by atoms with van der Waals surface area (Å²) in [6, 6.07) is 26.9. The number of hydrogen-bond donors (Lipinski definition) is 1. The maximum absolute atomic E-state index is 12.2. The summed E-state index contributed by atoms with van der Waals surface area (Å²) in [4.78, 5) is 20.4. The molecule has 0 saturated carbocycles. The quantitative estimate of drug-likeness (QED) is 0.241. The summed E-state index contributed by atoms with van der Waals surface area (Å²) < 4.78 is 0. The normalized spacial score (nSPS) is 12.2. The second-order valence-corrected chi connectivity index (χ2v) is 8.28. The Morgan fingerprint density at radius 3 is 2.16 bits per heavy atom. The topological polar surface area (TPSA) is 70.5 Å². The molecular formula is C24H19ClN4OS. The Labute approximate surface area is 189 Å². The number of aromatic amines is 1. The Kier molecular flexibility index (Phi) is 6.60. The Bertz CT molecular complexity index is 1130. The number of ketones is 1. The zero-order chi connectivity index (χ0) is 21.6. The first kappa shape index (κ1) is 21.0. The molecular weight excluding hydrogens is 428 g/mol. The molecule has 0 saturated heterocycles. The van der Waals surface area contributed by atoms with Crippen LogP contribution < -0.4 is 0 Å². The van der Waals surface area contributed by atoms with Crippen LogP contribution in [0.2, 0.25) is 5.02 Å². The number of halogens is 1. The van der Waals surface area contributed by atoms with Crippen molar-refractivity contribution in [3.8, 4) is 22.5 Å². The molecule has 1 aromatic heterocycles. The van der Waals surface area contributed by atoms with Gasteiger partial charge in [0.1, 0.15) is 0 Å². The minimum Gasteiger partial charge on any atom is -0.332 e. The van der Waals surface area contributed by atoms with Crippen molar-refractivity contribution < 1.29 is 4.79 Å². The third-order valence-corrected chi connectivity index (χ3v) is 5.79. The molecule has 0 amide bonds. The second kappa shape index (κ2) is 9.73. The molecule has 0 aliphatic heterocycles. The number of carbonyl (C=O) groups is 1. The van der Waals surface area contributed by atoms with E-state index in [0.717, 1.165) is 22.5 Å². The van der Waals surface area contributed by atoms with Gasteiger partial charge in [-0.3, -0.25) is 4.79 Å². The van der Waals surface area contributed by atoms with Gasteiger partial charge in [0.25, 0.3) is 0 Å². The monoisotopic (exact) mass is 446 g/mol. The van der Waals surface area contributed by atoms with Crippen LogP contribution in [0.3, 0.4) is 0 Å². The number of nitrogens with one attached hydrogen (secondary N) is 1. The van der Waals surface area contributed by atoms with Gasteiger partial charge >= 0.3 is 0 Å². The highest BCUT2D eigenvalue weighted by Crippen LogP contribution is 2.34. The van der Waals surface area contributed by atoms with Gasteiger partial charge in [-0.25, -0.2) is 4.98 Å². The number of hydrogen-bond acceptors (Lipinski definition) is 5. The average molecular weight is 447 g/mol. The highest BCUT2D eigenvalue weighted by molar-refractivity contribution is 8.00. The van der Waals surface area contributed by atoms with Crippen molar-refractivity contribution in [1.29, 1.82) is 0 Å². The van der Waals surface area contributed by atoms with Gasteiger partial charge in [-0.2, -0.15) is 10.2 Å². The van der Waals surface area contributed by atoms with E-state index in [1.165, 1.54) is 18.7 Å². The van der Waals surface area contributed by atoms with E-state index in [2.05, 4.69) is 15.2 Å². The fraction of sp³-hybridized carbons (Fsp3) is 0.0833. The number of Topliss-reactive ketones (excluding diaryl/α,β-unsaturated/α-hetero) is 1. The van der Waals surface area contributed by atoms with Crippen LogP contribution in [-0.4, -0.2) is 21.1 Å². The molecule has 1 N–H and O–H groups in total. The number of imidazole rings is 1. The fourth-order valence-corrected chi connectivity index (χ4v) is 3.85. The number of azo groups is 1. The van der Waals surface area contributed by atoms with E-state index in [-0.39, 0.29) is 5.78 Å². The van der Waals surface area contributed by atoms with Gasteiger partial charge in [0, 0.05) is 16.1 Å². The van der Waals surface area contributed by atoms with Crippen molar-refractivity contribution in [2.75, 3.05) is 0 Å². The first-order chi connectivity index (χ1) is 15.1. The van der Waals surface area contributed by atoms with Crippen LogP contribution in [0.4, 0.5) is 5.69 Å². The minimum atomic E-state index is -0.714. The molecule has 0 radical (unpaired) electrons. The largest absolute Gasteiger partial charge is 0.332 e. The lowest BCUT2D eigenvalue weighted by Crippen LogP contribution is -2.10. The number of H-pyrrole nitrogens is 1. The molecule has 5 nitrogen and oxygen atoms in total. The highest BCUT2D eigenvalue weighted by atomic mass is 35.5. The van der Waals surface area contributed by atoms with E-state index >= 15 is 0 Å². The number of carbonyl (C=O) groups excluding carboxylic acids is 1. The van der Waals surface area contributed by atoms with E-state index in [1.54, 1.807) is 24.3 Å². The molecule has 7 heteroatoms. The van der Waals surface area contributed by atoms with Gasteiger partial charge in [0.05, 0.1) is 17.1 Å². The molecule has 0 spiro atoms. The summed E-state index contributed by atoms with van der Waals surface area (Å²) in [5, 5.41) is 8.94. The van der Waals surface area contributed by atoms with Crippen LogP contribution in [0.1, 0.15) is 6.92 Å². The maximum atomic E-state index is 12.2. The van der Waals surface area contributed by atoms with Crippen LogP contribution in [0.25, 0.3) is 22.5 Å². The number of nitrogens with zero attached hydrogens (tertiary/aromatic N) is 3. The van der Waals surface area contributed by atoms with Crippen LogP contribution in [0.15, 0.2) is 100 Å². The molecule has 31 heavy (non-hydrogen) atoms. The third kappa shape index (κ3) is 5.29. The zero-order valence-corrected chi connectivity index (χ0v) is 18.3. The van der Waals surface area contributed by atoms with Gasteiger partial charge in [-0.1, -0.05) is 84.0 Å². The number of benzene rings is 3. The van der Waals surface area contributed by atoms with E-state index in [9.17, 15) is 4.79 Å². The smallest absolute Gasteiger partial charge is 0.181 e. The van der Waals surface area contributed by atoms with Crippen molar-refractivity contribution in [2.45, 2.75) is 17.5 Å². The molecule has 0 fully saturated rings. The number of aromatic nitrogens is 2. The van der Waals surface area contributed by atoms with E-state index in [1.807, 2.05) is 60.7 Å². The van der Waals surface area contributed by atoms with Gasteiger partial charge in [-0.15, -0.1) is 0 Å². The molecule has 154 valence electrons. The molecule has 1 unspecified atom stereocenters. The highest BCUT2D eigenvalue weighted by Gasteiger charge is 2.20.